The molecule has 2 rings (SSSR count). The molecule has 2 aliphatic rings. The van der Waals surface area contributed by atoms with Crippen LogP contribution in [-0.4, -0.2) is 35.0 Å². The third-order valence-electron chi connectivity index (χ3n) is 4.90. The zero-order valence-electron chi connectivity index (χ0n) is 11.8. The standard InChI is InChI=1S/C15H25NO3/c1-2-11-7-9-16(10-8-11)14(17)12-5-3-4-6-13(12)15(18)19/h11-13H,2-10H2,1H3,(H,18,19). The number of hydrogen-bond acceptors (Lipinski definition) is 2. The number of carboxylic acid groups (broad SMARTS) is 1. The van der Waals surface area contributed by atoms with E-state index in [1.54, 1.807) is 0 Å². The van der Waals surface area contributed by atoms with E-state index in [4.69, 9.17) is 0 Å². The summed E-state index contributed by atoms with van der Waals surface area (Å²) in [6.07, 6.45) is 6.69. The first kappa shape index (κ1) is 14.4. The van der Waals surface area contributed by atoms with Crippen molar-refractivity contribution in [3.8, 4) is 0 Å². The van der Waals surface area contributed by atoms with Crippen molar-refractivity contribution in [3.63, 3.8) is 0 Å². The smallest absolute Gasteiger partial charge is 0.307 e. The molecule has 4 nitrogen and oxygen atoms in total. The highest BCUT2D eigenvalue weighted by Gasteiger charge is 2.38. The largest absolute Gasteiger partial charge is 0.481 e. The second kappa shape index (κ2) is 6.40. The molecule has 1 N–H and O–H groups in total. The topological polar surface area (TPSA) is 57.6 Å². The molecule has 0 aromatic heterocycles. The number of carbonyl (C=O) groups is 2. The quantitative estimate of drug-likeness (QED) is 0.855. The second-order valence-corrected chi connectivity index (χ2v) is 6.01. The Hall–Kier alpha value is -1.06. The average Bonchev–Trinajstić information content (AvgIpc) is 2.46. The number of carbonyl (C=O) groups excluding carboxylic acids is 1. The van der Waals surface area contributed by atoms with E-state index in [1.807, 2.05) is 4.90 Å². The summed E-state index contributed by atoms with van der Waals surface area (Å²) in [6, 6.07) is 0. The Balaban J connectivity index is 1.96. The van der Waals surface area contributed by atoms with Gasteiger partial charge in [-0.3, -0.25) is 9.59 Å². The van der Waals surface area contributed by atoms with Crippen LogP contribution in [-0.2, 0) is 9.59 Å². The lowest BCUT2D eigenvalue weighted by Crippen LogP contribution is -2.45. The molecule has 0 radical (unpaired) electrons. The molecule has 2 atom stereocenters. The van der Waals surface area contributed by atoms with Crippen LogP contribution in [0.15, 0.2) is 0 Å². The fraction of sp³-hybridized carbons (Fsp3) is 0.867. The van der Waals surface area contributed by atoms with Crippen LogP contribution in [0.3, 0.4) is 0 Å². The highest BCUT2D eigenvalue weighted by molar-refractivity contribution is 5.85. The molecule has 1 heterocycles. The fourth-order valence-corrected chi connectivity index (χ4v) is 3.52. The Morgan fingerprint density at radius 1 is 1.05 bits per heavy atom. The van der Waals surface area contributed by atoms with E-state index in [1.165, 1.54) is 6.42 Å². The van der Waals surface area contributed by atoms with E-state index < -0.39 is 11.9 Å². The lowest BCUT2D eigenvalue weighted by atomic mass is 9.78. The molecule has 1 aliphatic carbocycles. The Morgan fingerprint density at radius 2 is 1.63 bits per heavy atom. The van der Waals surface area contributed by atoms with E-state index in [2.05, 4.69) is 6.92 Å². The number of hydrogen-bond donors (Lipinski definition) is 1. The van der Waals surface area contributed by atoms with Gasteiger partial charge >= 0.3 is 5.97 Å². The molecule has 0 bridgehead atoms. The van der Waals surface area contributed by atoms with Crippen LogP contribution in [0.4, 0.5) is 0 Å². The third kappa shape index (κ3) is 3.28. The number of nitrogens with zero attached hydrogens (tertiary/aromatic N) is 1. The van der Waals surface area contributed by atoms with Gasteiger partial charge in [-0.1, -0.05) is 26.2 Å². The van der Waals surface area contributed by atoms with Crippen molar-refractivity contribution in [2.75, 3.05) is 13.1 Å². The van der Waals surface area contributed by atoms with Gasteiger partial charge in [0.15, 0.2) is 0 Å². The number of aliphatic carboxylic acids is 1. The van der Waals surface area contributed by atoms with E-state index in [0.717, 1.165) is 51.1 Å². The Morgan fingerprint density at radius 3 is 2.16 bits per heavy atom. The molecule has 0 aromatic rings. The molecule has 0 spiro atoms. The summed E-state index contributed by atoms with van der Waals surface area (Å²) >= 11 is 0. The number of carboxylic acids is 1. The first-order chi connectivity index (χ1) is 9.13. The van der Waals surface area contributed by atoms with E-state index >= 15 is 0 Å². The summed E-state index contributed by atoms with van der Waals surface area (Å²) in [6.45, 7) is 3.84. The Labute approximate surface area is 115 Å². The number of amides is 1. The minimum atomic E-state index is -0.790. The molecule has 1 aliphatic heterocycles. The Bertz CT molecular complexity index is 334. The summed E-state index contributed by atoms with van der Waals surface area (Å²) in [5, 5.41) is 9.27. The third-order valence-corrected chi connectivity index (χ3v) is 4.90. The maximum absolute atomic E-state index is 12.5. The highest BCUT2D eigenvalue weighted by atomic mass is 16.4. The van der Waals surface area contributed by atoms with Gasteiger partial charge in [-0.05, 0) is 31.6 Å². The summed E-state index contributed by atoms with van der Waals surface area (Å²) < 4.78 is 0. The van der Waals surface area contributed by atoms with Crippen molar-refractivity contribution in [1.82, 2.24) is 4.90 Å². The predicted molar refractivity (Wildman–Crippen MR) is 72.7 cm³/mol. The molecular weight excluding hydrogens is 242 g/mol. The molecule has 1 amide bonds. The van der Waals surface area contributed by atoms with Gasteiger partial charge < -0.3 is 10.0 Å². The van der Waals surface area contributed by atoms with Crippen LogP contribution in [0.2, 0.25) is 0 Å². The average molecular weight is 267 g/mol. The number of rotatable bonds is 3. The van der Waals surface area contributed by atoms with Crippen LogP contribution in [0.25, 0.3) is 0 Å². The minimum Gasteiger partial charge on any atom is -0.481 e. The predicted octanol–water partition coefficient (Wildman–Crippen LogP) is 2.53. The van der Waals surface area contributed by atoms with Crippen LogP contribution >= 0.6 is 0 Å². The summed E-state index contributed by atoms with van der Waals surface area (Å²) in [7, 11) is 0. The van der Waals surface area contributed by atoms with Gasteiger partial charge in [0.05, 0.1) is 11.8 Å². The second-order valence-electron chi connectivity index (χ2n) is 6.01. The van der Waals surface area contributed by atoms with Gasteiger partial charge in [-0.2, -0.15) is 0 Å². The number of piperidine rings is 1. The normalized spacial score (nSPS) is 29.2. The van der Waals surface area contributed by atoms with Crippen molar-refractivity contribution in [1.29, 1.82) is 0 Å². The maximum atomic E-state index is 12.5. The molecule has 2 fully saturated rings. The molecule has 1 saturated heterocycles. The summed E-state index contributed by atoms with van der Waals surface area (Å²) in [5.41, 5.74) is 0. The SMILES string of the molecule is CCC1CCN(C(=O)C2CCCCC2C(=O)O)CC1. The van der Waals surface area contributed by atoms with Crippen LogP contribution in [0.5, 0.6) is 0 Å². The molecule has 2 unspecified atom stereocenters. The van der Waals surface area contributed by atoms with Crippen molar-refractivity contribution in [2.45, 2.75) is 51.9 Å². The first-order valence-electron chi connectivity index (χ1n) is 7.65. The van der Waals surface area contributed by atoms with Gasteiger partial charge in [-0.25, -0.2) is 0 Å². The van der Waals surface area contributed by atoms with Gasteiger partial charge in [0, 0.05) is 13.1 Å². The van der Waals surface area contributed by atoms with E-state index in [0.29, 0.717) is 6.42 Å². The monoisotopic (exact) mass is 267 g/mol. The molecule has 0 aromatic carbocycles. The van der Waals surface area contributed by atoms with Crippen molar-refractivity contribution < 1.29 is 14.7 Å². The van der Waals surface area contributed by atoms with Gasteiger partial charge in [0.1, 0.15) is 0 Å². The lowest BCUT2D eigenvalue weighted by molar-refractivity contribution is -0.152. The molecule has 1 saturated carbocycles. The number of likely N-dealkylation sites (tertiary alicyclic amines) is 1. The first-order valence-corrected chi connectivity index (χ1v) is 7.65. The molecule has 108 valence electrons. The minimum absolute atomic E-state index is 0.0988. The van der Waals surface area contributed by atoms with Crippen LogP contribution < -0.4 is 0 Å². The zero-order chi connectivity index (χ0) is 13.8. The Kier molecular flexibility index (Phi) is 4.83. The fourth-order valence-electron chi connectivity index (χ4n) is 3.52. The van der Waals surface area contributed by atoms with E-state index in [-0.39, 0.29) is 11.8 Å². The molecule has 4 heteroatoms. The van der Waals surface area contributed by atoms with Crippen molar-refractivity contribution in [3.05, 3.63) is 0 Å². The van der Waals surface area contributed by atoms with Crippen LogP contribution in [0, 0.1) is 17.8 Å². The maximum Gasteiger partial charge on any atom is 0.307 e. The lowest BCUT2D eigenvalue weighted by Gasteiger charge is -2.36. The summed E-state index contributed by atoms with van der Waals surface area (Å²) in [4.78, 5) is 25.7. The van der Waals surface area contributed by atoms with Gasteiger partial charge in [0.25, 0.3) is 0 Å². The van der Waals surface area contributed by atoms with Crippen molar-refractivity contribution >= 4 is 11.9 Å². The van der Waals surface area contributed by atoms with Gasteiger partial charge in [-0.15, -0.1) is 0 Å². The van der Waals surface area contributed by atoms with Gasteiger partial charge in [0.2, 0.25) is 5.91 Å². The summed E-state index contributed by atoms with van der Waals surface area (Å²) in [5.74, 6) is -0.677. The molecular formula is C15H25NO3. The van der Waals surface area contributed by atoms with E-state index in [9.17, 15) is 14.7 Å². The molecule has 19 heavy (non-hydrogen) atoms. The zero-order valence-corrected chi connectivity index (χ0v) is 11.8. The van der Waals surface area contributed by atoms with Crippen molar-refractivity contribution in [2.24, 2.45) is 17.8 Å². The van der Waals surface area contributed by atoms with Crippen LogP contribution in [0.1, 0.15) is 51.9 Å². The highest BCUT2D eigenvalue weighted by Crippen LogP contribution is 2.33.